The van der Waals surface area contributed by atoms with Crippen molar-refractivity contribution in [3.8, 4) is 11.5 Å². The number of methoxy groups -OCH3 is 2. The molecule has 3 aromatic rings. The Balaban J connectivity index is 1.70. The van der Waals surface area contributed by atoms with E-state index in [0.717, 1.165) is 22.4 Å². The monoisotopic (exact) mass is 567 g/mol. The molecule has 10 heteroatoms. The van der Waals surface area contributed by atoms with E-state index < -0.39 is 16.1 Å². The van der Waals surface area contributed by atoms with Crippen LogP contribution in [0.2, 0.25) is 0 Å². The summed E-state index contributed by atoms with van der Waals surface area (Å²) >= 11 is 0. The first-order valence-electron chi connectivity index (χ1n) is 13.1. The number of nitrogens with one attached hydrogen (secondary N) is 2. The third-order valence-electron chi connectivity index (χ3n) is 6.50. The third-order valence-corrected chi connectivity index (χ3v) is 8.06. The van der Waals surface area contributed by atoms with Crippen molar-refractivity contribution >= 4 is 21.8 Å². The first kappa shape index (κ1) is 30.6. The first-order chi connectivity index (χ1) is 19.2. The van der Waals surface area contributed by atoms with Crippen LogP contribution in [-0.4, -0.2) is 51.9 Å². The number of sulfonamides is 1. The zero-order valence-electron chi connectivity index (χ0n) is 23.3. The lowest BCUT2D eigenvalue weighted by Crippen LogP contribution is -2.47. The molecule has 0 fully saturated rings. The van der Waals surface area contributed by atoms with E-state index in [1.807, 2.05) is 48.5 Å². The number of ether oxygens (including phenoxy) is 2. The fraction of sp³-hybridized carbons (Fsp3) is 0.333. The predicted octanol–water partition coefficient (Wildman–Crippen LogP) is 3.67. The summed E-state index contributed by atoms with van der Waals surface area (Å²) in [6.07, 6.45) is 0.561. The summed E-state index contributed by atoms with van der Waals surface area (Å²) in [5.41, 5.74) is 2.60. The van der Waals surface area contributed by atoms with Crippen molar-refractivity contribution in [1.82, 2.24) is 14.9 Å². The van der Waals surface area contributed by atoms with Gasteiger partial charge in [0, 0.05) is 26.1 Å². The summed E-state index contributed by atoms with van der Waals surface area (Å²) in [5.74, 6) is 0.975. The Morgan fingerprint density at radius 2 is 1.35 bits per heavy atom. The second-order valence-electron chi connectivity index (χ2n) is 9.26. The zero-order valence-corrected chi connectivity index (χ0v) is 24.2. The standard InChI is InChI=1S/C30H37N3O6S/c1-5-32-40(36,37)28-17-10-23(11-18-28)12-19-29(34)33(21-25-8-15-27(39-4)16-9-25)22(2)30(35)31-20-24-6-13-26(38-3)14-7-24/h6-11,13-18,22,32H,5,12,19-21H2,1-4H3,(H,31,35)/t22-/m0/s1. The van der Waals surface area contributed by atoms with E-state index in [2.05, 4.69) is 10.0 Å². The second kappa shape index (κ2) is 14.5. The highest BCUT2D eigenvalue weighted by atomic mass is 32.2. The van der Waals surface area contributed by atoms with Gasteiger partial charge in [0.2, 0.25) is 21.8 Å². The van der Waals surface area contributed by atoms with E-state index in [1.165, 1.54) is 12.1 Å². The molecule has 0 saturated heterocycles. The summed E-state index contributed by atoms with van der Waals surface area (Å²) in [7, 11) is -0.366. The van der Waals surface area contributed by atoms with Gasteiger partial charge in [-0.05, 0) is 66.4 Å². The topological polar surface area (TPSA) is 114 Å². The predicted molar refractivity (Wildman–Crippen MR) is 153 cm³/mol. The highest BCUT2D eigenvalue weighted by molar-refractivity contribution is 7.89. The van der Waals surface area contributed by atoms with E-state index in [1.54, 1.807) is 45.1 Å². The molecule has 214 valence electrons. The van der Waals surface area contributed by atoms with Crippen molar-refractivity contribution in [2.45, 2.75) is 50.7 Å². The maximum absolute atomic E-state index is 13.4. The number of carbonyl (C=O) groups excluding carboxylic acids is 2. The SMILES string of the molecule is CCNS(=O)(=O)c1ccc(CCC(=O)N(Cc2ccc(OC)cc2)[C@@H](C)C(=O)NCc2ccc(OC)cc2)cc1. The molecule has 0 aliphatic rings. The number of benzene rings is 3. The van der Waals surface area contributed by atoms with Gasteiger partial charge < -0.3 is 19.7 Å². The summed E-state index contributed by atoms with van der Waals surface area (Å²) < 4.78 is 37.3. The van der Waals surface area contributed by atoms with Crippen molar-refractivity contribution in [2.24, 2.45) is 0 Å². The maximum atomic E-state index is 13.4. The minimum absolute atomic E-state index is 0.158. The van der Waals surface area contributed by atoms with Gasteiger partial charge in [-0.15, -0.1) is 0 Å². The Labute approximate surface area is 236 Å². The molecule has 9 nitrogen and oxygen atoms in total. The summed E-state index contributed by atoms with van der Waals surface area (Å²) in [6.45, 7) is 4.30. The van der Waals surface area contributed by atoms with Crippen LogP contribution in [0.1, 0.15) is 37.0 Å². The van der Waals surface area contributed by atoms with Crippen LogP contribution >= 0.6 is 0 Å². The molecule has 0 heterocycles. The van der Waals surface area contributed by atoms with Gasteiger partial charge in [-0.25, -0.2) is 13.1 Å². The Kier molecular flexibility index (Phi) is 11.1. The average Bonchev–Trinajstić information content (AvgIpc) is 2.97. The van der Waals surface area contributed by atoms with E-state index in [-0.39, 0.29) is 29.7 Å². The molecule has 0 unspecified atom stereocenters. The fourth-order valence-corrected chi connectivity index (χ4v) is 5.14. The highest BCUT2D eigenvalue weighted by Gasteiger charge is 2.26. The van der Waals surface area contributed by atoms with Crippen LogP contribution in [0.15, 0.2) is 77.7 Å². The molecule has 0 bridgehead atoms. The van der Waals surface area contributed by atoms with E-state index in [9.17, 15) is 18.0 Å². The largest absolute Gasteiger partial charge is 0.497 e. The van der Waals surface area contributed by atoms with Gasteiger partial charge in [0.1, 0.15) is 17.5 Å². The van der Waals surface area contributed by atoms with Crippen molar-refractivity contribution in [1.29, 1.82) is 0 Å². The number of amides is 2. The molecule has 1 atom stereocenters. The lowest BCUT2D eigenvalue weighted by atomic mass is 10.1. The minimum atomic E-state index is -3.55. The lowest BCUT2D eigenvalue weighted by molar-refractivity contribution is -0.140. The third kappa shape index (κ3) is 8.56. The maximum Gasteiger partial charge on any atom is 0.242 e. The number of hydrogen-bond donors (Lipinski definition) is 2. The van der Waals surface area contributed by atoms with Crippen molar-refractivity contribution in [3.05, 3.63) is 89.5 Å². The van der Waals surface area contributed by atoms with Crippen LogP contribution in [0, 0.1) is 0 Å². The van der Waals surface area contributed by atoms with E-state index >= 15 is 0 Å². The quantitative estimate of drug-likeness (QED) is 0.307. The molecule has 2 N–H and O–H groups in total. The number of hydrogen-bond acceptors (Lipinski definition) is 6. The molecule has 3 aromatic carbocycles. The van der Waals surface area contributed by atoms with Gasteiger partial charge in [0.25, 0.3) is 0 Å². The molecule has 0 saturated carbocycles. The van der Waals surface area contributed by atoms with Crippen LogP contribution in [0.4, 0.5) is 0 Å². The smallest absolute Gasteiger partial charge is 0.242 e. The molecule has 0 spiro atoms. The summed E-state index contributed by atoms with van der Waals surface area (Å²) in [4.78, 5) is 28.3. The normalized spacial score (nSPS) is 11.9. The minimum Gasteiger partial charge on any atom is -0.497 e. The fourth-order valence-electron chi connectivity index (χ4n) is 4.09. The Bertz CT molecular complexity index is 1360. The number of nitrogens with zero attached hydrogens (tertiary/aromatic N) is 1. The molecule has 0 aliphatic heterocycles. The van der Waals surface area contributed by atoms with Gasteiger partial charge in [0.05, 0.1) is 19.1 Å². The molecule has 40 heavy (non-hydrogen) atoms. The molecular formula is C30H37N3O6S. The van der Waals surface area contributed by atoms with Gasteiger partial charge in [0.15, 0.2) is 0 Å². The first-order valence-corrected chi connectivity index (χ1v) is 14.6. The lowest BCUT2D eigenvalue weighted by Gasteiger charge is -2.29. The zero-order chi connectivity index (χ0) is 29.1. The Morgan fingerprint density at radius 3 is 1.88 bits per heavy atom. The molecule has 0 radical (unpaired) electrons. The van der Waals surface area contributed by atoms with Gasteiger partial charge >= 0.3 is 0 Å². The van der Waals surface area contributed by atoms with Crippen LogP contribution in [-0.2, 0) is 39.1 Å². The molecule has 3 rings (SSSR count). The van der Waals surface area contributed by atoms with Crippen LogP contribution < -0.4 is 19.5 Å². The number of rotatable bonds is 14. The summed E-state index contributed by atoms with van der Waals surface area (Å²) in [6, 6.07) is 20.5. The molecule has 2 amide bonds. The highest BCUT2D eigenvalue weighted by Crippen LogP contribution is 2.18. The Hall–Kier alpha value is -3.89. The molecule has 0 aliphatic carbocycles. The molecular weight excluding hydrogens is 530 g/mol. The van der Waals surface area contributed by atoms with E-state index in [0.29, 0.717) is 25.3 Å². The molecule has 0 aromatic heterocycles. The Morgan fingerprint density at radius 1 is 0.825 bits per heavy atom. The van der Waals surface area contributed by atoms with Gasteiger partial charge in [-0.1, -0.05) is 43.3 Å². The van der Waals surface area contributed by atoms with Gasteiger partial charge in [-0.2, -0.15) is 0 Å². The summed E-state index contributed by atoms with van der Waals surface area (Å²) in [5, 5.41) is 2.92. The average molecular weight is 568 g/mol. The van der Waals surface area contributed by atoms with Crippen molar-refractivity contribution < 1.29 is 27.5 Å². The van der Waals surface area contributed by atoms with Crippen LogP contribution in [0.5, 0.6) is 11.5 Å². The number of aryl methyl sites for hydroxylation is 1. The van der Waals surface area contributed by atoms with Crippen molar-refractivity contribution in [3.63, 3.8) is 0 Å². The van der Waals surface area contributed by atoms with Crippen molar-refractivity contribution in [2.75, 3.05) is 20.8 Å². The number of carbonyl (C=O) groups is 2. The van der Waals surface area contributed by atoms with Gasteiger partial charge in [-0.3, -0.25) is 9.59 Å². The second-order valence-corrected chi connectivity index (χ2v) is 11.0. The van der Waals surface area contributed by atoms with Crippen LogP contribution in [0.3, 0.4) is 0 Å². The van der Waals surface area contributed by atoms with Crippen LogP contribution in [0.25, 0.3) is 0 Å². The van der Waals surface area contributed by atoms with E-state index in [4.69, 9.17) is 9.47 Å².